The molecule has 0 aliphatic heterocycles. The fourth-order valence-corrected chi connectivity index (χ4v) is 5.48. The van der Waals surface area contributed by atoms with Gasteiger partial charge in [0.05, 0.1) is 24.4 Å². The van der Waals surface area contributed by atoms with Gasteiger partial charge in [-0.05, 0) is 68.3 Å². The highest BCUT2D eigenvalue weighted by atomic mass is 16.3. The summed E-state index contributed by atoms with van der Waals surface area (Å²) in [6.45, 7) is 12.2. The lowest BCUT2D eigenvalue weighted by molar-refractivity contribution is -0.235. The quantitative estimate of drug-likeness (QED) is 0.580. The molecule has 2 aliphatic rings. The van der Waals surface area contributed by atoms with Crippen LogP contribution in [0.4, 0.5) is 0 Å². The van der Waals surface area contributed by atoms with Gasteiger partial charge in [0, 0.05) is 5.41 Å². The van der Waals surface area contributed by atoms with Crippen molar-refractivity contribution in [3.8, 4) is 0 Å². The molecule has 140 valence electrons. The Hall–Kier alpha value is -0.420. The lowest BCUT2D eigenvalue weighted by Gasteiger charge is -2.64. The number of fused-ring (bicyclic) bond motifs is 1. The van der Waals surface area contributed by atoms with Crippen LogP contribution in [0.5, 0.6) is 0 Å². The highest BCUT2D eigenvalue weighted by molar-refractivity contribution is 5.13. The van der Waals surface area contributed by atoms with Crippen molar-refractivity contribution in [3.63, 3.8) is 0 Å². The Morgan fingerprint density at radius 1 is 1.21 bits per heavy atom. The van der Waals surface area contributed by atoms with Gasteiger partial charge in [-0.3, -0.25) is 0 Å². The van der Waals surface area contributed by atoms with Crippen molar-refractivity contribution in [1.82, 2.24) is 0 Å². The molecule has 0 saturated heterocycles. The molecule has 24 heavy (non-hydrogen) atoms. The molecule has 0 aromatic heterocycles. The van der Waals surface area contributed by atoms with Crippen molar-refractivity contribution < 1.29 is 20.4 Å². The Bertz CT molecular complexity index is 474. The van der Waals surface area contributed by atoms with Crippen molar-refractivity contribution in [2.45, 2.75) is 84.0 Å². The van der Waals surface area contributed by atoms with E-state index in [1.165, 1.54) is 0 Å². The summed E-state index contributed by atoms with van der Waals surface area (Å²) in [7, 11) is 0. The minimum Gasteiger partial charge on any atom is -0.393 e. The first-order valence-corrected chi connectivity index (χ1v) is 9.37. The molecule has 4 heteroatoms. The van der Waals surface area contributed by atoms with Gasteiger partial charge >= 0.3 is 0 Å². The topological polar surface area (TPSA) is 80.9 Å². The number of aliphatic hydroxyl groups is 4. The van der Waals surface area contributed by atoms with Gasteiger partial charge in [-0.1, -0.05) is 27.4 Å². The average molecular weight is 341 g/mol. The Balaban J connectivity index is 2.26. The summed E-state index contributed by atoms with van der Waals surface area (Å²) in [6, 6.07) is 0. The molecular formula is C20H36O4. The molecule has 0 amide bonds. The van der Waals surface area contributed by atoms with Crippen molar-refractivity contribution >= 4 is 0 Å². The second-order valence-corrected chi connectivity index (χ2v) is 9.01. The average Bonchev–Trinajstić information content (AvgIpc) is 2.53. The number of hydrogen-bond acceptors (Lipinski definition) is 4. The van der Waals surface area contributed by atoms with Gasteiger partial charge in [0.1, 0.15) is 0 Å². The van der Waals surface area contributed by atoms with Crippen LogP contribution in [-0.2, 0) is 0 Å². The third-order valence-electron chi connectivity index (χ3n) is 7.95. The molecule has 2 rings (SSSR count). The van der Waals surface area contributed by atoms with Crippen LogP contribution in [0, 0.1) is 22.7 Å². The molecule has 0 bridgehead atoms. The Labute approximate surface area is 146 Å². The zero-order valence-electron chi connectivity index (χ0n) is 15.8. The summed E-state index contributed by atoms with van der Waals surface area (Å²) in [6.07, 6.45) is 3.56. The molecule has 0 spiro atoms. The van der Waals surface area contributed by atoms with Crippen LogP contribution < -0.4 is 0 Å². The van der Waals surface area contributed by atoms with E-state index in [-0.39, 0.29) is 17.4 Å². The third-order valence-corrected chi connectivity index (χ3v) is 7.95. The smallest absolute Gasteiger partial charge is 0.0978 e. The second kappa shape index (κ2) is 6.71. The highest BCUT2D eigenvalue weighted by Crippen LogP contribution is 2.64. The van der Waals surface area contributed by atoms with Crippen molar-refractivity contribution in [2.75, 3.05) is 6.61 Å². The fourth-order valence-electron chi connectivity index (χ4n) is 5.48. The maximum atomic E-state index is 11.1. The van der Waals surface area contributed by atoms with Crippen molar-refractivity contribution in [1.29, 1.82) is 0 Å². The summed E-state index contributed by atoms with van der Waals surface area (Å²) in [4.78, 5) is 0. The standard InChI is InChI=1S/C20H36O4/c1-13(15(22)12-21)8-10-18(3)14(2)9-11-19(4)16(18)6-7-17(23)20(19,5)24/h14-17,21-24H,1,6-12H2,2-5H3/t14-,15?,16-,17-,18+,19-,20+/m1/s1. The van der Waals surface area contributed by atoms with Crippen LogP contribution in [0.2, 0.25) is 0 Å². The number of hydrogen-bond donors (Lipinski definition) is 4. The summed E-state index contributed by atoms with van der Waals surface area (Å²) >= 11 is 0. The largest absolute Gasteiger partial charge is 0.393 e. The summed E-state index contributed by atoms with van der Waals surface area (Å²) in [5.74, 6) is 0.840. The second-order valence-electron chi connectivity index (χ2n) is 9.01. The van der Waals surface area contributed by atoms with Gasteiger partial charge in [-0.2, -0.15) is 0 Å². The van der Waals surface area contributed by atoms with E-state index in [0.29, 0.717) is 30.3 Å². The fraction of sp³-hybridized carbons (Fsp3) is 0.900. The normalized spacial score (nSPS) is 47.1. The molecule has 0 heterocycles. The number of aliphatic hydroxyl groups excluding tert-OH is 3. The van der Waals surface area contributed by atoms with Gasteiger partial charge in [-0.25, -0.2) is 0 Å². The van der Waals surface area contributed by atoms with E-state index in [9.17, 15) is 15.3 Å². The maximum absolute atomic E-state index is 11.1. The van der Waals surface area contributed by atoms with Crippen LogP contribution in [0.1, 0.15) is 66.2 Å². The van der Waals surface area contributed by atoms with E-state index in [1.807, 2.05) is 0 Å². The van der Waals surface area contributed by atoms with E-state index < -0.39 is 17.8 Å². The predicted molar refractivity (Wildman–Crippen MR) is 95.4 cm³/mol. The van der Waals surface area contributed by atoms with E-state index >= 15 is 0 Å². The maximum Gasteiger partial charge on any atom is 0.0978 e. The lowest BCUT2D eigenvalue weighted by Crippen LogP contribution is -2.65. The van der Waals surface area contributed by atoms with E-state index in [2.05, 4.69) is 27.4 Å². The Morgan fingerprint density at radius 2 is 1.83 bits per heavy atom. The molecule has 0 radical (unpaired) electrons. The first kappa shape index (κ1) is 19.9. The zero-order valence-corrected chi connectivity index (χ0v) is 15.8. The summed E-state index contributed by atoms with van der Waals surface area (Å²) in [5.41, 5.74) is -0.669. The summed E-state index contributed by atoms with van der Waals surface area (Å²) in [5, 5.41) is 40.4. The van der Waals surface area contributed by atoms with Crippen LogP contribution >= 0.6 is 0 Å². The van der Waals surface area contributed by atoms with Crippen LogP contribution in [0.15, 0.2) is 12.2 Å². The summed E-state index contributed by atoms with van der Waals surface area (Å²) < 4.78 is 0. The Morgan fingerprint density at radius 3 is 2.42 bits per heavy atom. The molecule has 4 nitrogen and oxygen atoms in total. The molecule has 4 N–H and O–H groups in total. The van der Waals surface area contributed by atoms with Gasteiger partial charge in [0.2, 0.25) is 0 Å². The highest BCUT2D eigenvalue weighted by Gasteiger charge is 2.62. The van der Waals surface area contributed by atoms with E-state index in [1.54, 1.807) is 6.92 Å². The van der Waals surface area contributed by atoms with Gasteiger partial charge in [-0.15, -0.1) is 0 Å². The lowest BCUT2D eigenvalue weighted by atomic mass is 9.43. The molecule has 2 aliphatic carbocycles. The molecule has 2 fully saturated rings. The molecule has 1 unspecified atom stereocenters. The third kappa shape index (κ3) is 2.96. The van der Waals surface area contributed by atoms with E-state index in [0.717, 1.165) is 25.7 Å². The van der Waals surface area contributed by atoms with E-state index in [4.69, 9.17) is 5.11 Å². The number of rotatable bonds is 5. The zero-order chi connectivity index (χ0) is 18.3. The predicted octanol–water partition coefficient (Wildman–Crippen LogP) is 2.64. The first-order chi connectivity index (χ1) is 11.0. The van der Waals surface area contributed by atoms with Crippen LogP contribution in [-0.4, -0.2) is 44.8 Å². The van der Waals surface area contributed by atoms with Gasteiger partial charge in [0.25, 0.3) is 0 Å². The molecule has 0 aromatic rings. The minimum absolute atomic E-state index is 0.0231. The van der Waals surface area contributed by atoms with Crippen molar-refractivity contribution in [3.05, 3.63) is 12.2 Å². The SMILES string of the molecule is C=C(CC[C@@]1(C)[C@H](C)CC[C@]2(C)[C@@H]1CC[C@@H](O)[C@]2(C)O)C(O)CO. The van der Waals surface area contributed by atoms with Crippen LogP contribution in [0.25, 0.3) is 0 Å². The van der Waals surface area contributed by atoms with Crippen LogP contribution in [0.3, 0.4) is 0 Å². The monoisotopic (exact) mass is 340 g/mol. The van der Waals surface area contributed by atoms with Gasteiger partial charge in [0.15, 0.2) is 0 Å². The molecule has 0 aromatic carbocycles. The first-order valence-electron chi connectivity index (χ1n) is 9.37. The minimum atomic E-state index is -1.07. The molecule has 7 atom stereocenters. The molecule has 2 saturated carbocycles. The Kier molecular flexibility index (Phi) is 5.57. The van der Waals surface area contributed by atoms with Crippen molar-refractivity contribution in [2.24, 2.45) is 22.7 Å². The molecular weight excluding hydrogens is 304 g/mol. The van der Waals surface area contributed by atoms with Gasteiger partial charge < -0.3 is 20.4 Å².